The number of nitrogens with zero attached hydrogens (tertiary/aromatic N) is 3. The molecule has 0 spiro atoms. The van der Waals surface area contributed by atoms with E-state index in [1.165, 1.54) is 13.8 Å². The van der Waals surface area contributed by atoms with Gasteiger partial charge in [-0.05, 0) is 18.8 Å². The molecular formula is C7H8F3N3O2. The Bertz CT molecular complexity index is 383. The van der Waals surface area contributed by atoms with Crippen molar-refractivity contribution in [1.29, 1.82) is 0 Å². The zero-order valence-electron chi connectivity index (χ0n) is 7.95. The van der Waals surface area contributed by atoms with Crippen LogP contribution in [0, 0.1) is 10.1 Å². The molecule has 0 N–H and O–H groups in total. The molecule has 1 heterocycles. The van der Waals surface area contributed by atoms with Gasteiger partial charge in [0.05, 0.1) is 17.2 Å². The third-order valence-corrected chi connectivity index (χ3v) is 1.69. The molecule has 0 saturated heterocycles. The minimum Gasteiger partial charge on any atom is -0.358 e. The van der Waals surface area contributed by atoms with Crippen LogP contribution in [0.3, 0.4) is 0 Å². The highest BCUT2D eigenvalue weighted by atomic mass is 19.4. The summed E-state index contributed by atoms with van der Waals surface area (Å²) in [5, 5.41) is 13.6. The molecular weight excluding hydrogens is 215 g/mol. The van der Waals surface area contributed by atoms with Crippen molar-refractivity contribution < 1.29 is 18.1 Å². The molecule has 0 saturated carbocycles. The smallest absolute Gasteiger partial charge is 0.358 e. The molecule has 0 unspecified atom stereocenters. The summed E-state index contributed by atoms with van der Waals surface area (Å²) in [6.45, 7) is 2.93. The van der Waals surface area contributed by atoms with Crippen LogP contribution in [0.1, 0.15) is 25.6 Å². The first kappa shape index (κ1) is 11.5. The van der Waals surface area contributed by atoms with Crippen molar-refractivity contribution in [3.63, 3.8) is 0 Å². The zero-order valence-corrected chi connectivity index (χ0v) is 7.95. The Kier molecular flexibility index (Phi) is 2.69. The summed E-state index contributed by atoms with van der Waals surface area (Å²) in [5.41, 5.74) is -1.11. The van der Waals surface area contributed by atoms with Crippen LogP contribution in [0.4, 0.5) is 19.0 Å². The van der Waals surface area contributed by atoms with Gasteiger partial charge in [0.2, 0.25) is 0 Å². The van der Waals surface area contributed by atoms with Gasteiger partial charge in [-0.15, -0.1) is 0 Å². The van der Waals surface area contributed by atoms with Gasteiger partial charge in [0.25, 0.3) is 0 Å². The van der Waals surface area contributed by atoms with E-state index in [0.29, 0.717) is 10.7 Å². The summed E-state index contributed by atoms with van der Waals surface area (Å²) in [6, 6.07) is -0.157. The number of nitro groups is 1. The molecule has 0 radical (unpaired) electrons. The molecule has 0 aliphatic rings. The summed E-state index contributed by atoms with van der Waals surface area (Å²) in [6.07, 6.45) is -4.63. The first-order chi connectivity index (χ1) is 6.73. The Balaban J connectivity index is 3.30. The molecule has 1 aromatic rings. The van der Waals surface area contributed by atoms with Crippen LogP contribution in [0.15, 0.2) is 6.07 Å². The van der Waals surface area contributed by atoms with Crippen LogP contribution in [0.5, 0.6) is 0 Å². The molecule has 8 heteroatoms. The molecule has 0 aliphatic heterocycles. The van der Waals surface area contributed by atoms with Crippen LogP contribution >= 0.6 is 0 Å². The Morgan fingerprint density at radius 3 is 2.33 bits per heavy atom. The van der Waals surface area contributed by atoms with Gasteiger partial charge in [0.1, 0.15) is 0 Å². The minimum atomic E-state index is -4.63. The number of hydrogen-bond donors (Lipinski definition) is 0. The van der Waals surface area contributed by atoms with E-state index in [9.17, 15) is 23.3 Å². The van der Waals surface area contributed by atoms with Crippen molar-refractivity contribution in [2.45, 2.75) is 26.1 Å². The quantitative estimate of drug-likeness (QED) is 0.571. The first-order valence-electron chi connectivity index (χ1n) is 4.04. The van der Waals surface area contributed by atoms with Gasteiger partial charge in [-0.1, -0.05) is 0 Å². The van der Waals surface area contributed by atoms with Gasteiger partial charge in [-0.2, -0.15) is 17.9 Å². The Morgan fingerprint density at radius 2 is 2.07 bits per heavy atom. The molecule has 5 nitrogen and oxygen atoms in total. The van der Waals surface area contributed by atoms with E-state index < -0.39 is 28.7 Å². The summed E-state index contributed by atoms with van der Waals surface area (Å²) in [5.74, 6) is -0.795. The highest BCUT2D eigenvalue weighted by Crippen LogP contribution is 2.32. The van der Waals surface area contributed by atoms with Crippen molar-refractivity contribution in [3.05, 3.63) is 21.9 Å². The standard InChI is InChI=1S/C7H8F3N3O2/c1-4(2)12-5(7(8,9)10)3-6(11-12)13(14)15/h3-4H,1-2H3. The van der Waals surface area contributed by atoms with E-state index in [2.05, 4.69) is 5.10 Å². The lowest BCUT2D eigenvalue weighted by molar-refractivity contribution is -0.389. The SMILES string of the molecule is CC(C)n1nc([N+](=O)[O-])cc1C(F)(F)F. The molecule has 0 atom stereocenters. The van der Waals surface area contributed by atoms with Crippen molar-refractivity contribution in [3.8, 4) is 0 Å². The second-order valence-electron chi connectivity index (χ2n) is 3.18. The van der Waals surface area contributed by atoms with Crippen LogP contribution in [-0.2, 0) is 6.18 Å². The first-order valence-corrected chi connectivity index (χ1v) is 4.04. The maximum atomic E-state index is 12.4. The molecule has 0 fully saturated rings. The van der Waals surface area contributed by atoms with Gasteiger partial charge in [0.15, 0.2) is 5.69 Å². The molecule has 0 bridgehead atoms. The van der Waals surface area contributed by atoms with Crippen molar-refractivity contribution in [2.24, 2.45) is 0 Å². The molecule has 84 valence electrons. The summed E-state index contributed by atoms with van der Waals surface area (Å²) < 4.78 is 37.8. The number of rotatable bonds is 2. The fourth-order valence-electron chi connectivity index (χ4n) is 1.08. The number of halogens is 3. The maximum Gasteiger partial charge on any atom is 0.435 e. The van der Waals surface area contributed by atoms with Crippen molar-refractivity contribution in [1.82, 2.24) is 9.78 Å². The van der Waals surface area contributed by atoms with Gasteiger partial charge >= 0.3 is 12.0 Å². The summed E-state index contributed by atoms with van der Waals surface area (Å²) >= 11 is 0. The largest absolute Gasteiger partial charge is 0.435 e. The Labute approximate surface area is 82.6 Å². The average molecular weight is 223 g/mol. The van der Waals surface area contributed by atoms with Crippen molar-refractivity contribution >= 4 is 5.82 Å². The lowest BCUT2D eigenvalue weighted by Crippen LogP contribution is -2.16. The van der Waals surface area contributed by atoms with E-state index in [1.54, 1.807) is 0 Å². The van der Waals surface area contributed by atoms with E-state index in [1.807, 2.05) is 0 Å². The monoisotopic (exact) mass is 223 g/mol. The van der Waals surface area contributed by atoms with Gasteiger partial charge in [-0.3, -0.25) is 0 Å². The fourth-order valence-corrected chi connectivity index (χ4v) is 1.08. The minimum absolute atomic E-state index is 0.431. The zero-order chi connectivity index (χ0) is 11.8. The van der Waals surface area contributed by atoms with E-state index >= 15 is 0 Å². The van der Waals surface area contributed by atoms with Gasteiger partial charge < -0.3 is 10.1 Å². The highest BCUT2D eigenvalue weighted by molar-refractivity contribution is 5.24. The predicted molar refractivity (Wildman–Crippen MR) is 44.3 cm³/mol. The van der Waals surface area contributed by atoms with Crippen LogP contribution in [0.25, 0.3) is 0 Å². The number of hydrogen-bond acceptors (Lipinski definition) is 3. The summed E-state index contributed by atoms with van der Waals surface area (Å²) in [4.78, 5) is 9.33. The van der Waals surface area contributed by atoms with E-state index in [4.69, 9.17) is 0 Å². The number of aromatic nitrogens is 2. The van der Waals surface area contributed by atoms with Crippen LogP contribution < -0.4 is 0 Å². The maximum absolute atomic E-state index is 12.4. The van der Waals surface area contributed by atoms with E-state index in [0.717, 1.165) is 0 Å². The lowest BCUT2D eigenvalue weighted by Gasteiger charge is -2.08. The average Bonchev–Trinajstić information content (AvgIpc) is 2.45. The lowest BCUT2D eigenvalue weighted by atomic mass is 10.3. The summed E-state index contributed by atoms with van der Waals surface area (Å²) in [7, 11) is 0. The molecule has 0 aliphatic carbocycles. The predicted octanol–water partition coefficient (Wildman–Crippen LogP) is 2.39. The van der Waals surface area contributed by atoms with Gasteiger partial charge in [-0.25, -0.2) is 0 Å². The van der Waals surface area contributed by atoms with E-state index in [-0.39, 0.29) is 0 Å². The Hall–Kier alpha value is -1.60. The Morgan fingerprint density at radius 1 is 1.53 bits per heavy atom. The molecule has 1 rings (SSSR count). The van der Waals surface area contributed by atoms with Gasteiger partial charge in [0, 0.05) is 0 Å². The number of alkyl halides is 3. The van der Waals surface area contributed by atoms with Crippen LogP contribution in [-0.4, -0.2) is 14.7 Å². The topological polar surface area (TPSA) is 61.0 Å². The third kappa shape index (κ3) is 2.25. The highest BCUT2D eigenvalue weighted by Gasteiger charge is 2.39. The molecule has 15 heavy (non-hydrogen) atoms. The second kappa shape index (κ2) is 3.52. The fraction of sp³-hybridized carbons (Fsp3) is 0.571. The molecule has 1 aromatic heterocycles. The molecule has 0 amide bonds. The van der Waals surface area contributed by atoms with Crippen LogP contribution in [0.2, 0.25) is 0 Å². The second-order valence-corrected chi connectivity index (χ2v) is 3.18. The molecule has 0 aromatic carbocycles. The third-order valence-electron chi connectivity index (χ3n) is 1.69. The normalized spacial score (nSPS) is 12.1. The van der Waals surface area contributed by atoms with Crippen molar-refractivity contribution in [2.75, 3.05) is 0 Å².